The molecular formula is C20H31N. The lowest BCUT2D eigenvalue weighted by Crippen LogP contribution is -2.28. The lowest BCUT2D eigenvalue weighted by molar-refractivity contribution is 0.634. The van der Waals surface area contributed by atoms with Gasteiger partial charge in [0.1, 0.15) is 0 Å². The molecule has 0 fully saturated rings. The van der Waals surface area contributed by atoms with Crippen molar-refractivity contribution in [1.29, 1.82) is 0 Å². The second-order valence-electron chi connectivity index (χ2n) is 4.57. The minimum absolute atomic E-state index is 0.358. The van der Waals surface area contributed by atoms with Gasteiger partial charge in [0, 0.05) is 6.04 Å². The van der Waals surface area contributed by atoms with Crippen LogP contribution in [0.5, 0.6) is 0 Å². The minimum Gasteiger partial charge on any atom is -0.313 e. The van der Waals surface area contributed by atoms with E-state index >= 15 is 0 Å². The summed E-state index contributed by atoms with van der Waals surface area (Å²) in [6.07, 6.45) is 0.997. The molecule has 1 heteroatoms. The first-order valence-electron chi connectivity index (χ1n) is 8.01. The van der Waals surface area contributed by atoms with Crippen molar-refractivity contribution in [2.24, 2.45) is 0 Å². The van der Waals surface area contributed by atoms with Crippen LogP contribution in [-0.2, 0) is 6.42 Å². The van der Waals surface area contributed by atoms with E-state index in [-0.39, 0.29) is 0 Å². The quantitative estimate of drug-likeness (QED) is 0.721. The van der Waals surface area contributed by atoms with Gasteiger partial charge in [-0.1, -0.05) is 82.3 Å². The summed E-state index contributed by atoms with van der Waals surface area (Å²) >= 11 is 0. The first-order chi connectivity index (χ1) is 10.2. The van der Waals surface area contributed by atoms with Gasteiger partial charge >= 0.3 is 0 Å². The van der Waals surface area contributed by atoms with Gasteiger partial charge in [0.05, 0.1) is 0 Å². The van der Waals surface area contributed by atoms with Crippen LogP contribution < -0.4 is 5.32 Å². The Labute approximate surface area is 131 Å². The van der Waals surface area contributed by atoms with E-state index in [2.05, 4.69) is 61.3 Å². The van der Waals surface area contributed by atoms with Gasteiger partial charge in [-0.2, -0.15) is 0 Å². The van der Waals surface area contributed by atoms with Crippen LogP contribution in [0.4, 0.5) is 0 Å². The second-order valence-corrected chi connectivity index (χ2v) is 4.57. The SMILES string of the molecule is C=C(C)C(Cc1ccc2ccccc2c1)NC.CC.CC. The Kier molecular flexibility index (Phi) is 10.3. The molecule has 0 saturated heterocycles. The molecule has 21 heavy (non-hydrogen) atoms. The molecule has 0 bridgehead atoms. The third-order valence-corrected chi connectivity index (χ3v) is 3.20. The van der Waals surface area contributed by atoms with Crippen LogP contribution in [0.15, 0.2) is 54.6 Å². The Morgan fingerprint density at radius 1 is 1.00 bits per heavy atom. The Morgan fingerprint density at radius 3 is 2.10 bits per heavy atom. The summed E-state index contributed by atoms with van der Waals surface area (Å²) in [7, 11) is 1.99. The summed E-state index contributed by atoms with van der Waals surface area (Å²) in [4.78, 5) is 0. The van der Waals surface area contributed by atoms with Gasteiger partial charge in [0.15, 0.2) is 0 Å². The van der Waals surface area contributed by atoms with E-state index in [1.807, 2.05) is 34.7 Å². The van der Waals surface area contributed by atoms with Gasteiger partial charge in [-0.05, 0) is 36.7 Å². The van der Waals surface area contributed by atoms with Crippen LogP contribution in [0, 0.1) is 0 Å². The molecule has 2 aromatic carbocycles. The first-order valence-corrected chi connectivity index (χ1v) is 8.01. The zero-order chi connectivity index (χ0) is 16.3. The number of hydrogen-bond donors (Lipinski definition) is 1. The molecule has 0 aliphatic carbocycles. The van der Waals surface area contributed by atoms with Crippen molar-refractivity contribution in [3.05, 3.63) is 60.2 Å². The van der Waals surface area contributed by atoms with Gasteiger partial charge < -0.3 is 5.32 Å². The highest BCUT2D eigenvalue weighted by atomic mass is 14.9. The van der Waals surface area contributed by atoms with Crippen molar-refractivity contribution in [3.8, 4) is 0 Å². The van der Waals surface area contributed by atoms with E-state index in [0.717, 1.165) is 6.42 Å². The smallest absolute Gasteiger partial charge is 0.0311 e. The molecule has 0 aromatic heterocycles. The molecule has 0 saturated carbocycles. The van der Waals surface area contributed by atoms with Crippen molar-refractivity contribution in [2.75, 3.05) is 7.05 Å². The molecule has 0 aliphatic rings. The first kappa shape index (κ1) is 19.4. The number of nitrogens with one attached hydrogen (secondary N) is 1. The molecular weight excluding hydrogens is 254 g/mol. The van der Waals surface area contributed by atoms with E-state index < -0.39 is 0 Å². The van der Waals surface area contributed by atoms with Gasteiger partial charge in [-0.15, -0.1) is 0 Å². The molecule has 0 heterocycles. The lowest BCUT2D eigenvalue weighted by Gasteiger charge is -2.16. The number of hydrogen-bond acceptors (Lipinski definition) is 1. The average Bonchev–Trinajstić information content (AvgIpc) is 2.56. The van der Waals surface area contributed by atoms with Gasteiger partial charge in [0.2, 0.25) is 0 Å². The van der Waals surface area contributed by atoms with Crippen LogP contribution in [0.25, 0.3) is 10.8 Å². The van der Waals surface area contributed by atoms with E-state index in [0.29, 0.717) is 6.04 Å². The summed E-state index contributed by atoms with van der Waals surface area (Å²) in [6.45, 7) is 14.1. The Bertz CT molecular complexity index is 528. The highest BCUT2D eigenvalue weighted by molar-refractivity contribution is 5.83. The highest BCUT2D eigenvalue weighted by Crippen LogP contribution is 2.17. The summed E-state index contributed by atoms with van der Waals surface area (Å²) in [5.41, 5.74) is 2.53. The maximum atomic E-state index is 4.02. The molecule has 1 atom stereocenters. The fourth-order valence-electron chi connectivity index (χ4n) is 2.12. The topological polar surface area (TPSA) is 12.0 Å². The minimum atomic E-state index is 0.358. The predicted octanol–water partition coefficient (Wildman–Crippen LogP) is 5.60. The van der Waals surface area contributed by atoms with E-state index in [1.165, 1.54) is 21.9 Å². The Morgan fingerprint density at radius 2 is 1.57 bits per heavy atom. The number of likely N-dealkylation sites (N-methyl/N-ethyl adjacent to an activating group) is 1. The maximum Gasteiger partial charge on any atom is 0.0311 e. The van der Waals surface area contributed by atoms with Crippen LogP contribution in [0.1, 0.15) is 40.2 Å². The Hall–Kier alpha value is -1.60. The molecule has 2 rings (SSSR count). The van der Waals surface area contributed by atoms with Crippen molar-refractivity contribution in [1.82, 2.24) is 5.32 Å². The zero-order valence-electron chi connectivity index (χ0n) is 14.5. The van der Waals surface area contributed by atoms with Crippen molar-refractivity contribution >= 4 is 10.8 Å². The molecule has 0 radical (unpaired) electrons. The summed E-state index contributed by atoms with van der Waals surface area (Å²) in [5, 5.41) is 5.90. The number of benzene rings is 2. The van der Waals surface area contributed by atoms with Crippen molar-refractivity contribution < 1.29 is 0 Å². The second kappa shape index (κ2) is 11.1. The largest absolute Gasteiger partial charge is 0.313 e. The third-order valence-electron chi connectivity index (χ3n) is 3.20. The number of rotatable bonds is 4. The third kappa shape index (κ3) is 6.14. The zero-order valence-corrected chi connectivity index (χ0v) is 14.5. The van der Waals surface area contributed by atoms with Crippen LogP contribution >= 0.6 is 0 Å². The molecule has 0 amide bonds. The van der Waals surface area contributed by atoms with Gasteiger partial charge in [-0.25, -0.2) is 0 Å². The molecule has 2 aromatic rings. The molecule has 1 unspecified atom stereocenters. The summed E-state index contributed by atoms with van der Waals surface area (Å²) in [5.74, 6) is 0. The van der Waals surface area contributed by atoms with Crippen LogP contribution in [-0.4, -0.2) is 13.1 Å². The van der Waals surface area contributed by atoms with Crippen molar-refractivity contribution in [3.63, 3.8) is 0 Å². The molecule has 1 nitrogen and oxygen atoms in total. The van der Waals surface area contributed by atoms with Crippen molar-refractivity contribution in [2.45, 2.75) is 47.1 Å². The molecule has 1 N–H and O–H groups in total. The van der Waals surface area contributed by atoms with Gasteiger partial charge in [-0.3, -0.25) is 0 Å². The number of fused-ring (bicyclic) bond motifs is 1. The Balaban J connectivity index is 0.000000921. The molecule has 116 valence electrons. The lowest BCUT2D eigenvalue weighted by atomic mass is 9.98. The maximum absolute atomic E-state index is 4.02. The average molecular weight is 285 g/mol. The summed E-state index contributed by atoms with van der Waals surface area (Å²) < 4.78 is 0. The van der Waals surface area contributed by atoms with Crippen LogP contribution in [0.2, 0.25) is 0 Å². The van der Waals surface area contributed by atoms with E-state index in [1.54, 1.807) is 0 Å². The molecule has 0 aliphatic heterocycles. The van der Waals surface area contributed by atoms with Crippen LogP contribution in [0.3, 0.4) is 0 Å². The monoisotopic (exact) mass is 285 g/mol. The molecule has 0 spiro atoms. The standard InChI is InChI=1S/C16H19N.2C2H6/c1-12(2)16(17-3)11-13-8-9-14-6-4-5-7-15(14)10-13;2*1-2/h4-10,16-17H,1,11H2,2-3H3;2*1-2H3. The van der Waals surface area contributed by atoms with E-state index in [4.69, 9.17) is 0 Å². The normalized spacial score (nSPS) is 10.8. The highest BCUT2D eigenvalue weighted by Gasteiger charge is 2.07. The van der Waals surface area contributed by atoms with E-state index in [9.17, 15) is 0 Å². The predicted molar refractivity (Wildman–Crippen MR) is 98.0 cm³/mol. The van der Waals surface area contributed by atoms with Gasteiger partial charge in [0.25, 0.3) is 0 Å². The fourth-order valence-corrected chi connectivity index (χ4v) is 2.12. The fraction of sp³-hybridized carbons (Fsp3) is 0.400. The summed E-state index contributed by atoms with van der Waals surface area (Å²) in [6, 6.07) is 15.5.